The average molecular weight is 425 g/mol. The van der Waals surface area contributed by atoms with E-state index in [1.807, 2.05) is 54.6 Å². The highest BCUT2D eigenvalue weighted by molar-refractivity contribution is 6.33. The van der Waals surface area contributed by atoms with Crippen LogP contribution in [0, 0.1) is 5.82 Å². The predicted octanol–water partition coefficient (Wildman–Crippen LogP) is 5.02. The van der Waals surface area contributed by atoms with Crippen LogP contribution in [0.4, 0.5) is 10.1 Å². The summed E-state index contributed by atoms with van der Waals surface area (Å²) in [5, 5.41) is 0.147. The molecule has 0 bridgehead atoms. The van der Waals surface area contributed by atoms with Crippen molar-refractivity contribution in [3.63, 3.8) is 0 Å². The summed E-state index contributed by atoms with van der Waals surface area (Å²) < 4.78 is 19.9. The second-order valence-electron chi connectivity index (χ2n) is 7.14. The molecule has 3 aromatic carbocycles. The lowest BCUT2D eigenvalue weighted by molar-refractivity contribution is 0.0742. The first kappa shape index (κ1) is 20.2. The van der Waals surface area contributed by atoms with Gasteiger partial charge in [0.2, 0.25) is 0 Å². The van der Waals surface area contributed by atoms with Crippen molar-refractivity contribution in [3.05, 3.63) is 94.8 Å². The third kappa shape index (κ3) is 4.57. The number of ether oxygens (including phenoxy) is 1. The number of piperazine rings is 1. The van der Waals surface area contributed by atoms with Crippen LogP contribution in [0.25, 0.3) is 0 Å². The highest BCUT2D eigenvalue weighted by Crippen LogP contribution is 2.24. The first-order valence-corrected chi connectivity index (χ1v) is 10.2. The van der Waals surface area contributed by atoms with E-state index in [-0.39, 0.29) is 16.5 Å². The number of hydrogen-bond donors (Lipinski definition) is 0. The molecule has 0 aliphatic carbocycles. The SMILES string of the molecule is O=C(c1c(F)cccc1Cl)N1CCN(c2ccc(OCc3ccccc3)cc2)CC1. The Labute approximate surface area is 180 Å². The lowest BCUT2D eigenvalue weighted by atomic mass is 10.1. The Kier molecular flexibility index (Phi) is 6.19. The molecule has 0 atom stereocenters. The monoisotopic (exact) mass is 424 g/mol. The molecule has 4 rings (SSSR count). The number of nitrogens with zero attached hydrogens (tertiary/aromatic N) is 2. The first-order chi connectivity index (χ1) is 14.6. The molecule has 6 heteroatoms. The molecule has 0 unspecified atom stereocenters. The minimum Gasteiger partial charge on any atom is -0.489 e. The Morgan fingerprint density at radius 1 is 0.900 bits per heavy atom. The summed E-state index contributed by atoms with van der Waals surface area (Å²) in [6, 6.07) is 22.3. The van der Waals surface area contributed by atoms with E-state index in [9.17, 15) is 9.18 Å². The molecule has 1 aliphatic rings. The summed E-state index contributed by atoms with van der Waals surface area (Å²) in [5.41, 5.74) is 2.14. The molecule has 1 saturated heterocycles. The van der Waals surface area contributed by atoms with Crippen molar-refractivity contribution in [3.8, 4) is 5.75 Å². The van der Waals surface area contributed by atoms with E-state index < -0.39 is 5.82 Å². The Morgan fingerprint density at radius 2 is 1.60 bits per heavy atom. The molecule has 1 aliphatic heterocycles. The third-order valence-electron chi connectivity index (χ3n) is 5.19. The highest BCUT2D eigenvalue weighted by Gasteiger charge is 2.26. The number of anilines is 1. The van der Waals surface area contributed by atoms with Gasteiger partial charge in [-0.25, -0.2) is 4.39 Å². The summed E-state index contributed by atoms with van der Waals surface area (Å²) in [6.45, 7) is 2.88. The van der Waals surface area contributed by atoms with Gasteiger partial charge >= 0.3 is 0 Å². The van der Waals surface area contributed by atoms with Crippen molar-refractivity contribution in [2.75, 3.05) is 31.1 Å². The Balaban J connectivity index is 1.33. The van der Waals surface area contributed by atoms with Crippen molar-refractivity contribution in [1.29, 1.82) is 0 Å². The van der Waals surface area contributed by atoms with Gasteiger partial charge in [-0.05, 0) is 42.0 Å². The normalized spacial score (nSPS) is 13.9. The molecule has 1 fully saturated rings. The van der Waals surface area contributed by atoms with Crippen molar-refractivity contribution in [1.82, 2.24) is 4.90 Å². The zero-order valence-electron chi connectivity index (χ0n) is 16.4. The quantitative estimate of drug-likeness (QED) is 0.576. The van der Waals surface area contributed by atoms with Crippen LogP contribution in [0.5, 0.6) is 5.75 Å². The predicted molar refractivity (Wildman–Crippen MR) is 117 cm³/mol. The molecule has 0 saturated carbocycles. The largest absolute Gasteiger partial charge is 0.489 e. The fourth-order valence-corrected chi connectivity index (χ4v) is 3.77. The molecule has 0 aromatic heterocycles. The van der Waals surface area contributed by atoms with Gasteiger partial charge in [-0.2, -0.15) is 0 Å². The zero-order valence-corrected chi connectivity index (χ0v) is 17.2. The molecule has 1 heterocycles. The average Bonchev–Trinajstić information content (AvgIpc) is 2.79. The van der Waals surface area contributed by atoms with Gasteiger partial charge < -0.3 is 14.5 Å². The van der Waals surface area contributed by atoms with Crippen LogP contribution in [-0.2, 0) is 6.61 Å². The smallest absolute Gasteiger partial charge is 0.258 e. The van der Waals surface area contributed by atoms with Crippen molar-refractivity contribution in [2.45, 2.75) is 6.61 Å². The maximum absolute atomic E-state index is 14.1. The minimum atomic E-state index is -0.582. The van der Waals surface area contributed by atoms with E-state index in [1.54, 1.807) is 4.90 Å². The summed E-state index contributed by atoms with van der Waals surface area (Å²) in [7, 11) is 0. The first-order valence-electron chi connectivity index (χ1n) is 9.87. The molecule has 4 nitrogen and oxygen atoms in total. The van der Waals surface area contributed by atoms with E-state index >= 15 is 0 Å². The number of benzene rings is 3. The molecule has 3 aromatic rings. The molecule has 154 valence electrons. The van der Waals surface area contributed by atoms with Crippen LogP contribution in [0.2, 0.25) is 5.02 Å². The third-order valence-corrected chi connectivity index (χ3v) is 5.51. The summed E-state index contributed by atoms with van der Waals surface area (Å²) in [6.07, 6.45) is 0. The minimum absolute atomic E-state index is 0.0486. The van der Waals surface area contributed by atoms with E-state index in [2.05, 4.69) is 4.90 Å². The number of carbonyl (C=O) groups is 1. The van der Waals surface area contributed by atoms with Gasteiger partial charge in [0.05, 0.1) is 10.6 Å². The molecule has 30 heavy (non-hydrogen) atoms. The fraction of sp³-hybridized carbons (Fsp3) is 0.208. The number of halogens is 2. The molecule has 1 amide bonds. The molecule has 0 radical (unpaired) electrons. The van der Waals surface area contributed by atoms with Gasteiger partial charge in [0.15, 0.2) is 0 Å². The topological polar surface area (TPSA) is 32.8 Å². The number of amides is 1. The van der Waals surface area contributed by atoms with Crippen LogP contribution in [0.1, 0.15) is 15.9 Å². The summed E-state index contributed by atoms with van der Waals surface area (Å²) in [4.78, 5) is 16.5. The van der Waals surface area contributed by atoms with Crippen LogP contribution in [0.15, 0.2) is 72.8 Å². The van der Waals surface area contributed by atoms with Gasteiger partial charge in [0.25, 0.3) is 5.91 Å². The zero-order chi connectivity index (χ0) is 20.9. The van der Waals surface area contributed by atoms with Gasteiger partial charge in [0, 0.05) is 31.9 Å². The number of hydrogen-bond acceptors (Lipinski definition) is 3. The maximum atomic E-state index is 14.1. The van der Waals surface area contributed by atoms with Gasteiger partial charge in [-0.3, -0.25) is 4.79 Å². The standard InChI is InChI=1S/C24H22ClFN2O2/c25-21-7-4-8-22(26)23(21)24(29)28-15-13-27(14-16-28)19-9-11-20(12-10-19)30-17-18-5-2-1-3-6-18/h1-12H,13-17H2. The van der Waals surface area contributed by atoms with Gasteiger partial charge in [-0.1, -0.05) is 48.0 Å². The lowest BCUT2D eigenvalue weighted by Crippen LogP contribution is -2.49. The van der Waals surface area contributed by atoms with Gasteiger partial charge in [-0.15, -0.1) is 0 Å². The fourth-order valence-electron chi connectivity index (χ4n) is 3.52. The molecular weight excluding hydrogens is 403 g/mol. The molecule has 0 spiro atoms. The van der Waals surface area contributed by atoms with E-state index in [1.165, 1.54) is 18.2 Å². The van der Waals surface area contributed by atoms with Crippen LogP contribution in [-0.4, -0.2) is 37.0 Å². The van der Waals surface area contributed by atoms with E-state index in [4.69, 9.17) is 16.3 Å². The Hall–Kier alpha value is -3.05. The highest BCUT2D eigenvalue weighted by atomic mass is 35.5. The van der Waals surface area contributed by atoms with E-state index in [0.717, 1.165) is 17.0 Å². The van der Waals surface area contributed by atoms with Crippen molar-refractivity contribution < 1.29 is 13.9 Å². The number of rotatable bonds is 5. The summed E-state index contributed by atoms with van der Waals surface area (Å²) in [5.74, 6) is -0.131. The van der Waals surface area contributed by atoms with Crippen LogP contribution in [0.3, 0.4) is 0 Å². The van der Waals surface area contributed by atoms with Crippen molar-refractivity contribution >= 4 is 23.2 Å². The maximum Gasteiger partial charge on any atom is 0.258 e. The number of carbonyl (C=O) groups excluding carboxylic acids is 1. The second kappa shape index (κ2) is 9.18. The molecule has 0 N–H and O–H groups in total. The Morgan fingerprint density at radius 3 is 2.27 bits per heavy atom. The molecular formula is C24H22ClFN2O2. The second-order valence-corrected chi connectivity index (χ2v) is 7.55. The van der Waals surface area contributed by atoms with Crippen molar-refractivity contribution in [2.24, 2.45) is 0 Å². The van der Waals surface area contributed by atoms with E-state index in [0.29, 0.717) is 32.8 Å². The van der Waals surface area contributed by atoms with Gasteiger partial charge in [0.1, 0.15) is 18.2 Å². The van der Waals surface area contributed by atoms with Crippen LogP contribution >= 0.6 is 11.6 Å². The van der Waals surface area contributed by atoms with Crippen LogP contribution < -0.4 is 9.64 Å². The summed E-state index contributed by atoms with van der Waals surface area (Å²) >= 11 is 6.04. The Bertz CT molecular complexity index is 983. The lowest BCUT2D eigenvalue weighted by Gasteiger charge is -2.36.